The number of ether oxygens (including phenoxy) is 1. The third-order valence-electron chi connectivity index (χ3n) is 3.53. The van der Waals surface area contributed by atoms with E-state index in [0.29, 0.717) is 11.3 Å². The molecule has 1 amide bonds. The zero-order valence-corrected chi connectivity index (χ0v) is 14.0. The maximum absolute atomic E-state index is 13.3. The van der Waals surface area contributed by atoms with Crippen molar-refractivity contribution in [2.45, 2.75) is 20.0 Å². The van der Waals surface area contributed by atoms with Crippen LogP contribution in [-0.2, 0) is 4.74 Å². The van der Waals surface area contributed by atoms with Gasteiger partial charge in [0.05, 0.1) is 11.3 Å². The zero-order valence-electron chi connectivity index (χ0n) is 14.0. The van der Waals surface area contributed by atoms with Gasteiger partial charge < -0.3 is 9.64 Å². The first-order valence-corrected chi connectivity index (χ1v) is 7.45. The molecule has 0 bridgehead atoms. The van der Waals surface area contributed by atoms with Crippen LogP contribution >= 0.6 is 0 Å². The molecule has 126 valence electrons. The standard InChI is InChI=1S/C18H19FN2O3/c1-11-15(8-9-16(20-11)17(22)21(3)4)18(23)24-12(2)13-6-5-7-14(19)10-13/h5-10,12H,1-4H3/t12-/m1/s1. The fourth-order valence-electron chi connectivity index (χ4n) is 2.18. The number of esters is 1. The van der Waals surface area contributed by atoms with E-state index in [2.05, 4.69) is 4.98 Å². The van der Waals surface area contributed by atoms with Crippen LogP contribution in [-0.4, -0.2) is 35.9 Å². The van der Waals surface area contributed by atoms with Crippen LogP contribution in [0.15, 0.2) is 36.4 Å². The van der Waals surface area contributed by atoms with Crippen LogP contribution in [0.5, 0.6) is 0 Å². The van der Waals surface area contributed by atoms with Crippen molar-refractivity contribution in [3.05, 3.63) is 64.7 Å². The van der Waals surface area contributed by atoms with E-state index in [9.17, 15) is 14.0 Å². The molecule has 0 aliphatic carbocycles. The highest BCUT2D eigenvalue weighted by Gasteiger charge is 2.19. The Morgan fingerprint density at radius 2 is 1.92 bits per heavy atom. The van der Waals surface area contributed by atoms with Crippen LogP contribution < -0.4 is 0 Å². The summed E-state index contributed by atoms with van der Waals surface area (Å²) in [6, 6.07) is 8.89. The topological polar surface area (TPSA) is 59.5 Å². The van der Waals surface area contributed by atoms with Crippen molar-refractivity contribution in [1.29, 1.82) is 0 Å². The van der Waals surface area contributed by atoms with Gasteiger partial charge in [-0.25, -0.2) is 14.2 Å². The number of benzene rings is 1. The number of hydrogen-bond donors (Lipinski definition) is 0. The fourth-order valence-corrected chi connectivity index (χ4v) is 2.18. The quantitative estimate of drug-likeness (QED) is 0.808. The van der Waals surface area contributed by atoms with Gasteiger partial charge in [-0.15, -0.1) is 0 Å². The number of rotatable bonds is 4. The van der Waals surface area contributed by atoms with Crippen LogP contribution in [0.2, 0.25) is 0 Å². The Morgan fingerprint density at radius 1 is 1.21 bits per heavy atom. The Labute approximate surface area is 140 Å². The Hall–Kier alpha value is -2.76. The van der Waals surface area contributed by atoms with Crippen molar-refractivity contribution in [3.63, 3.8) is 0 Å². The highest BCUT2D eigenvalue weighted by molar-refractivity contribution is 5.94. The lowest BCUT2D eigenvalue weighted by Gasteiger charge is -2.15. The van der Waals surface area contributed by atoms with E-state index >= 15 is 0 Å². The predicted molar refractivity (Wildman–Crippen MR) is 87.2 cm³/mol. The van der Waals surface area contributed by atoms with Crippen molar-refractivity contribution in [2.75, 3.05) is 14.1 Å². The molecule has 0 unspecified atom stereocenters. The predicted octanol–water partition coefficient (Wildman–Crippen LogP) is 3.15. The van der Waals surface area contributed by atoms with Gasteiger partial charge in [0.25, 0.3) is 5.91 Å². The third kappa shape index (κ3) is 3.95. The van der Waals surface area contributed by atoms with E-state index in [-0.39, 0.29) is 23.0 Å². The number of aryl methyl sites for hydroxylation is 1. The maximum Gasteiger partial charge on any atom is 0.340 e. The molecule has 2 aromatic rings. The summed E-state index contributed by atoms with van der Waals surface area (Å²) in [4.78, 5) is 29.7. The summed E-state index contributed by atoms with van der Waals surface area (Å²) in [6.07, 6.45) is -0.601. The number of aromatic nitrogens is 1. The number of hydrogen-bond acceptors (Lipinski definition) is 4. The minimum Gasteiger partial charge on any atom is -0.454 e. The molecule has 0 saturated heterocycles. The van der Waals surface area contributed by atoms with E-state index in [0.717, 1.165) is 0 Å². The normalized spacial score (nSPS) is 11.7. The van der Waals surface area contributed by atoms with Gasteiger partial charge in [0, 0.05) is 14.1 Å². The summed E-state index contributed by atoms with van der Waals surface area (Å²) in [6.45, 7) is 3.30. The Balaban J connectivity index is 2.16. The second kappa shape index (κ2) is 7.21. The van der Waals surface area contributed by atoms with Crippen LogP contribution in [0.25, 0.3) is 0 Å². The molecule has 0 saturated carbocycles. The molecule has 2 rings (SSSR count). The lowest BCUT2D eigenvalue weighted by molar-refractivity contribution is 0.0335. The second-order valence-corrected chi connectivity index (χ2v) is 5.63. The van der Waals surface area contributed by atoms with Crippen molar-refractivity contribution in [1.82, 2.24) is 9.88 Å². The van der Waals surface area contributed by atoms with Crippen LogP contribution in [0, 0.1) is 12.7 Å². The second-order valence-electron chi connectivity index (χ2n) is 5.63. The molecule has 0 aliphatic rings. The molecule has 1 heterocycles. The van der Waals surface area contributed by atoms with Crippen molar-refractivity contribution < 1.29 is 18.7 Å². The number of carbonyl (C=O) groups is 2. The first kappa shape index (κ1) is 17.6. The van der Waals surface area contributed by atoms with Gasteiger partial charge in [0.2, 0.25) is 0 Å². The molecule has 1 atom stereocenters. The molecule has 1 aromatic carbocycles. The van der Waals surface area contributed by atoms with E-state index in [4.69, 9.17) is 4.74 Å². The van der Waals surface area contributed by atoms with Gasteiger partial charge in [-0.2, -0.15) is 0 Å². The van der Waals surface area contributed by atoms with Gasteiger partial charge in [-0.3, -0.25) is 4.79 Å². The summed E-state index contributed by atoms with van der Waals surface area (Å²) >= 11 is 0. The molecule has 0 aliphatic heterocycles. The molecular formula is C18H19FN2O3. The smallest absolute Gasteiger partial charge is 0.340 e. The summed E-state index contributed by atoms with van der Waals surface area (Å²) in [5.41, 5.74) is 1.49. The van der Waals surface area contributed by atoms with Gasteiger partial charge in [0.1, 0.15) is 17.6 Å². The van der Waals surface area contributed by atoms with E-state index in [1.807, 2.05) is 0 Å². The third-order valence-corrected chi connectivity index (χ3v) is 3.53. The molecule has 24 heavy (non-hydrogen) atoms. The van der Waals surface area contributed by atoms with E-state index in [1.165, 1.54) is 29.2 Å². The summed E-state index contributed by atoms with van der Waals surface area (Å²) in [5.74, 6) is -1.20. The lowest BCUT2D eigenvalue weighted by atomic mass is 10.1. The van der Waals surface area contributed by atoms with Gasteiger partial charge in [-0.1, -0.05) is 12.1 Å². The first-order chi connectivity index (χ1) is 11.3. The van der Waals surface area contributed by atoms with Gasteiger partial charge in [-0.05, 0) is 43.7 Å². The lowest BCUT2D eigenvalue weighted by Crippen LogP contribution is -2.23. The van der Waals surface area contributed by atoms with Crippen molar-refractivity contribution in [3.8, 4) is 0 Å². The minimum atomic E-state index is -0.601. The molecule has 0 spiro atoms. The van der Waals surface area contributed by atoms with E-state index < -0.39 is 12.1 Å². The molecule has 5 nitrogen and oxygen atoms in total. The SMILES string of the molecule is Cc1nc(C(=O)N(C)C)ccc1C(=O)O[C@H](C)c1cccc(F)c1. The highest BCUT2D eigenvalue weighted by atomic mass is 19.1. The Kier molecular flexibility index (Phi) is 5.28. The van der Waals surface area contributed by atoms with Crippen LogP contribution in [0.4, 0.5) is 4.39 Å². The number of halogens is 1. The maximum atomic E-state index is 13.3. The number of nitrogens with zero attached hydrogens (tertiary/aromatic N) is 2. The van der Waals surface area contributed by atoms with Crippen LogP contribution in [0.3, 0.4) is 0 Å². The number of carbonyl (C=O) groups excluding carboxylic acids is 2. The molecule has 6 heteroatoms. The monoisotopic (exact) mass is 330 g/mol. The number of amides is 1. The minimum absolute atomic E-state index is 0.244. The van der Waals surface area contributed by atoms with Crippen molar-refractivity contribution >= 4 is 11.9 Å². The van der Waals surface area contributed by atoms with Crippen molar-refractivity contribution in [2.24, 2.45) is 0 Å². The van der Waals surface area contributed by atoms with E-state index in [1.54, 1.807) is 40.1 Å². The summed E-state index contributed by atoms with van der Waals surface area (Å²) in [5, 5.41) is 0. The largest absolute Gasteiger partial charge is 0.454 e. The van der Waals surface area contributed by atoms with Crippen LogP contribution in [0.1, 0.15) is 45.1 Å². The molecule has 1 aromatic heterocycles. The Bertz CT molecular complexity index is 775. The average molecular weight is 330 g/mol. The molecule has 0 N–H and O–H groups in total. The average Bonchev–Trinajstić information content (AvgIpc) is 2.53. The highest BCUT2D eigenvalue weighted by Crippen LogP contribution is 2.20. The summed E-state index contributed by atoms with van der Waals surface area (Å²) in [7, 11) is 3.25. The Morgan fingerprint density at radius 3 is 2.50 bits per heavy atom. The van der Waals surface area contributed by atoms with Gasteiger partial charge >= 0.3 is 5.97 Å². The molecule has 0 radical (unpaired) electrons. The first-order valence-electron chi connectivity index (χ1n) is 7.45. The van der Waals surface area contributed by atoms with Gasteiger partial charge in [0.15, 0.2) is 0 Å². The number of pyridine rings is 1. The zero-order chi connectivity index (χ0) is 17.9. The molecular weight excluding hydrogens is 311 g/mol. The fraction of sp³-hybridized carbons (Fsp3) is 0.278. The molecule has 0 fully saturated rings. The summed E-state index contributed by atoms with van der Waals surface area (Å²) < 4.78 is 18.6.